The summed E-state index contributed by atoms with van der Waals surface area (Å²) in [4.78, 5) is 3.75. The Morgan fingerprint density at radius 3 is 2.50 bits per heavy atom. The Hall–Kier alpha value is -2.69. The SMILES string of the molecule is Cc1ccc(S(=O)(=O)NC[C@@](O)(Cn2cncn2)c2ccc(F)cc2F)cc1. The minimum absolute atomic E-state index is 0.000726. The molecule has 0 fully saturated rings. The van der Waals surface area contributed by atoms with Crippen LogP contribution in [0.3, 0.4) is 0 Å². The molecule has 0 spiro atoms. The highest BCUT2D eigenvalue weighted by Crippen LogP contribution is 2.26. The molecule has 28 heavy (non-hydrogen) atoms. The van der Waals surface area contributed by atoms with Crippen LogP contribution in [0.15, 0.2) is 60.0 Å². The summed E-state index contributed by atoms with van der Waals surface area (Å²) in [5.41, 5.74) is -1.42. The number of aliphatic hydroxyl groups is 1. The van der Waals surface area contributed by atoms with E-state index in [-0.39, 0.29) is 17.0 Å². The number of sulfonamides is 1. The Balaban J connectivity index is 1.92. The third-order valence-corrected chi connectivity index (χ3v) is 5.63. The summed E-state index contributed by atoms with van der Waals surface area (Å²) < 4.78 is 56.2. The van der Waals surface area contributed by atoms with Crippen LogP contribution in [0.4, 0.5) is 8.78 Å². The van der Waals surface area contributed by atoms with E-state index in [1.54, 1.807) is 12.1 Å². The summed E-state index contributed by atoms with van der Waals surface area (Å²) in [6, 6.07) is 8.79. The summed E-state index contributed by atoms with van der Waals surface area (Å²) in [5, 5.41) is 15.0. The molecular weight excluding hydrogens is 390 g/mol. The lowest BCUT2D eigenvalue weighted by Crippen LogP contribution is -2.44. The second-order valence-corrected chi connectivity index (χ2v) is 8.15. The molecule has 2 N–H and O–H groups in total. The zero-order valence-electron chi connectivity index (χ0n) is 14.9. The number of nitrogens with one attached hydrogen (secondary N) is 1. The Morgan fingerprint density at radius 1 is 1.18 bits per heavy atom. The van der Waals surface area contributed by atoms with Crippen molar-refractivity contribution in [2.75, 3.05) is 6.54 Å². The van der Waals surface area contributed by atoms with Crippen molar-refractivity contribution in [3.63, 3.8) is 0 Å². The van der Waals surface area contributed by atoms with E-state index in [0.29, 0.717) is 6.07 Å². The molecule has 0 radical (unpaired) electrons. The molecule has 1 atom stereocenters. The monoisotopic (exact) mass is 408 g/mol. The number of benzene rings is 2. The molecule has 0 amide bonds. The predicted octanol–water partition coefficient (Wildman–Crippen LogP) is 1.73. The summed E-state index contributed by atoms with van der Waals surface area (Å²) in [6.45, 7) is 0.954. The molecule has 7 nitrogen and oxygen atoms in total. The lowest BCUT2D eigenvalue weighted by Gasteiger charge is -2.29. The first-order chi connectivity index (χ1) is 13.2. The molecule has 0 aliphatic heterocycles. The van der Waals surface area contributed by atoms with Gasteiger partial charge in [0.1, 0.15) is 29.9 Å². The molecular formula is C18H18F2N4O3S. The quantitative estimate of drug-likeness (QED) is 0.621. The first-order valence-electron chi connectivity index (χ1n) is 8.26. The fraction of sp³-hybridized carbons (Fsp3) is 0.222. The van der Waals surface area contributed by atoms with Crippen molar-refractivity contribution in [2.45, 2.75) is 24.0 Å². The van der Waals surface area contributed by atoms with Gasteiger partial charge < -0.3 is 5.11 Å². The van der Waals surface area contributed by atoms with E-state index in [2.05, 4.69) is 14.8 Å². The molecule has 0 saturated heterocycles. The van der Waals surface area contributed by atoms with Crippen LogP contribution in [0.1, 0.15) is 11.1 Å². The summed E-state index contributed by atoms with van der Waals surface area (Å²) >= 11 is 0. The van der Waals surface area contributed by atoms with Gasteiger partial charge in [-0.25, -0.2) is 31.6 Å². The molecule has 0 saturated carbocycles. The largest absolute Gasteiger partial charge is 0.382 e. The molecule has 148 valence electrons. The van der Waals surface area contributed by atoms with Crippen LogP contribution >= 0.6 is 0 Å². The molecule has 1 aromatic heterocycles. The van der Waals surface area contributed by atoms with Crippen molar-refractivity contribution in [3.05, 3.63) is 77.9 Å². The van der Waals surface area contributed by atoms with Gasteiger partial charge in [-0.05, 0) is 25.1 Å². The van der Waals surface area contributed by atoms with E-state index < -0.39 is 33.8 Å². The molecule has 0 aliphatic carbocycles. The highest BCUT2D eigenvalue weighted by molar-refractivity contribution is 7.89. The van der Waals surface area contributed by atoms with Gasteiger partial charge in [-0.2, -0.15) is 5.10 Å². The molecule has 3 aromatic rings. The standard InChI is InChI=1S/C18H18F2N4O3S/c1-13-2-5-15(6-3-13)28(26,27)23-9-18(25,10-24-12-21-11-22-24)16-7-4-14(19)8-17(16)20/h2-8,11-12,23,25H,9-10H2,1H3/t18-/m1/s1. The molecule has 2 aromatic carbocycles. The third-order valence-electron chi connectivity index (χ3n) is 4.21. The van der Waals surface area contributed by atoms with Crippen LogP contribution < -0.4 is 4.72 Å². The Morgan fingerprint density at radius 2 is 1.89 bits per heavy atom. The van der Waals surface area contributed by atoms with Gasteiger partial charge in [-0.3, -0.25) is 0 Å². The van der Waals surface area contributed by atoms with Crippen molar-refractivity contribution in [3.8, 4) is 0 Å². The Labute approximate surface area is 160 Å². The molecule has 1 heterocycles. The van der Waals surface area contributed by atoms with Crippen molar-refractivity contribution < 1.29 is 22.3 Å². The molecule has 0 aliphatic rings. The summed E-state index contributed by atoms with van der Waals surface area (Å²) in [6.07, 6.45) is 2.51. The van der Waals surface area contributed by atoms with Gasteiger partial charge in [0, 0.05) is 18.2 Å². The highest BCUT2D eigenvalue weighted by atomic mass is 32.2. The van der Waals surface area contributed by atoms with Gasteiger partial charge in [0.2, 0.25) is 10.0 Å². The molecule has 0 bridgehead atoms. The average Bonchev–Trinajstić information content (AvgIpc) is 3.13. The van der Waals surface area contributed by atoms with E-state index in [0.717, 1.165) is 17.7 Å². The second kappa shape index (κ2) is 7.74. The minimum Gasteiger partial charge on any atom is -0.382 e. The van der Waals surface area contributed by atoms with Crippen LogP contribution in [-0.2, 0) is 22.2 Å². The Bertz CT molecular complexity index is 1060. The van der Waals surface area contributed by atoms with Crippen LogP contribution in [0, 0.1) is 18.6 Å². The first kappa shape index (κ1) is 20.1. The molecule has 10 heteroatoms. The normalized spacial score (nSPS) is 14.0. The number of nitrogens with zero attached hydrogens (tertiary/aromatic N) is 3. The average molecular weight is 408 g/mol. The van der Waals surface area contributed by atoms with E-state index in [1.807, 2.05) is 6.92 Å². The van der Waals surface area contributed by atoms with Crippen LogP contribution in [0.25, 0.3) is 0 Å². The highest BCUT2D eigenvalue weighted by Gasteiger charge is 2.35. The summed E-state index contributed by atoms with van der Waals surface area (Å²) in [5.74, 6) is -1.82. The number of halogens is 2. The maximum Gasteiger partial charge on any atom is 0.240 e. The maximum atomic E-state index is 14.3. The van der Waals surface area contributed by atoms with Crippen molar-refractivity contribution >= 4 is 10.0 Å². The maximum absolute atomic E-state index is 14.3. The fourth-order valence-electron chi connectivity index (χ4n) is 2.70. The minimum atomic E-state index is -3.97. The number of hydrogen-bond acceptors (Lipinski definition) is 5. The number of hydrogen-bond donors (Lipinski definition) is 2. The van der Waals surface area contributed by atoms with Crippen LogP contribution in [0.2, 0.25) is 0 Å². The molecule has 0 unspecified atom stereocenters. The number of rotatable bonds is 7. The van der Waals surface area contributed by atoms with Gasteiger partial charge >= 0.3 is 0 Å². The third kappa shape index (κ3) is 4.41. The van der Waals surface area contributed by atoms with Crippen molar-refractivity contribution in [1.82, 2.24) is 19.5 Å². The fourth-order valence-corrected chi connectivity index (χ4v) is 3.79. The van der Waals surface area contributed by atoms with Crippen LogP contribution in [0.5, 0.6) is 0 Å². The van der Waals surface area contributed by atoms with E-state index in [9.17, 15) is 22.3 Å². The van der Waals surface area contributed by atoms with Gasteiger partial charge in [-0.1, -0.05) is 23.8 Å². The Kier molecular flexibility index (Phi) is 5.54. The van der Waals surface area contributed by atoms with E-state index in [1.165, 1.54) is 29.5 Å². The van der Waals surface area contributed by atoms with Crippen molar-refractivity contribution in [2.24, 2.45) is 0 Å². The van der Waals surface area contributed by atoms with Gasteiger partial charge in [0.15, 0.2) is 0 Å². The van der Waals surface area contributed by atoms with Crippen LogP contribution in [-0.4, -0.2) is 34.8 Å². The van der Waals surface area contributed by atoms with E-state index in [4.69, 9.17) is 0 Å². The van der Waals surface area contributed by atoms with Crippen molar-refractivity contribution in [1.29, 1.82) is 0 Å². The first-order valence-corrected chi connectivity index (χ1v) is 9.75. The second-order valence-electron chi connectivity index (χ2n) is 6.39. The van der Waals surface area contributed by atoms with Gasteiger partial charge in [-0.15, -0.1) is 0 Å². The smallest absolute Gasteiger partial charge is 0.240 e. The topological polar surface area (TPSA) is 97.1 Å². The summed E-state index contributed by atoms with van der Waals surface area (Å²) in [7, 11) is -3.97. The zero-order valence-corrected chi connectivity index (χ0v) is 15.7. The lowest BCUT2D eigenvalue weighted by molar-refractivity contribution is 0.0169. The predicted molar refractivity (Wildman–Crippen MR) is 96.6 cm³/mol. The number of aromatic nitrogens is 3. The van der Waals surface area contributed by atoms with Gasteiger partial charge in [0.25, 0.3) is 0 Å². The lowest BCUT2D eigenvalue weighted by atomic mass is 9.93. The van der Waals surface area contributed by atoms with E-state index >= 15 is 0 Å². The van der Waals surface area contributed by atoms with Gasteiger partial charge in [0.05, 0.1) is 11.4 Å². The zero-order chi connectivity index (χ0) is 20.4. The number of aryl methyl sites for hydroxylation is 1. The molecule has 3 rings (SSSR count).